The number of hydrogen-bond acceptors (Lipinski definition) is 5. The molecule has 2 N–H and O–H groups in total. The van der Waals surface area contributed by atoms with Crippen molar-refractivity contribution in [3.8, 4) is 5.75 Å². The Balaban J connectivity index is 1.77. The van der Waals surface area contributed by atoms with Crippen LogP contribution in [0.1, 0.15) is 6.42 Å². The number of carboxylic acids is 1. The highest BCUT2D eigenvalue weighted by atomic mass is 32.2. The van der Waals surface area contributed by atoms with Gasteiger partial charge < -0.3 is 9.84 Å². The maximum atomic E-state index is 13.2. The van der Waals surface area contributed by atoms with Gasteiger partial charge in [-0.2, -0.15) is 0 Å². The summed E-state index contributed by atoms with van der Waals surface area (Å²) >= 11 is 1.31. The van der Waals surface area contributed by atoms with Crippen molar-refractivity contribution in [3.63, 3.8) is 0 Å². The third-order valence-corrected chi connectivity index (χ3v) is 7.40. The van der Waals surface area contributed by atoms with Crippen LogP contribution in [0.5, 0.6) is 5.75 Å². The van der Waals surface area contributed by atoms with E-state index in [9.17, 15) is 13.2 Å². The number of thioether (sulfide) groups is 1. The van der Waals surface area contributed by atoms with Gasteiger partial charge in [-0.15, -0.1) is 11.8 Å². The Morgan fingerprint density at radius 2 is 1.66 bits per heavy atom. The van der Waals surface area contributed by atoms with E-state index >= 15 is 0 Å². The van der Waals surface area contributed by atoms with Gasteiger partial charge in [-0.25, -0.2) is 8.42 Å². The van der Waals surface area contributed by atoms with E-state index in [1.165, 1.54) is 11.8 Å². The molecule has 0 aliphatic carbocycles. The zero-order valence-corrected chi connectivity index (χ0v) is 18.9. The molecule has 8 heteroatoms. The second-order valence-corrected chi connectivity index (χ2v) is 9.93. The summed E-state index contributed by atoms with van der Waals surface area (Å²) in [6, 6.07) is 21.6. The van der Waals surface area contributed by atoms with Crippen molar-refractivity contribution in [2.75, 3.05) is 17.6 Å². The minimum atomic E-state index is -3.86. The van der Waals surface area contributed by atoms with Crippen LogP contribution in [0.4, 0.5) is 5.69 Å². The molecule has 0 amide bonds. The Morgan fingerprint density at radius 1 is 0.969 bits per heavy atom. The summed E-state index contributed by atoms with van der Waals surface area (Å²) in [7, 11) is -2.32. The van der Waals surface area contributed by atoms with Gasteiger partial charge in [0.25, 0.3) is 10.0 Å². The number of sulfonamides is 1. The lowest BCUT2D eigenvalue weighted by molar-refractivity contribution is -0.136. The Kier molecular flexibility index (Phi) is 6.25. The van der Waals surface area contributed by atoms with Crippen LogP contribution in [-0.2, 0) is 14.8 Å². The van der Waals surface area contributed by atoms with Crippen LogP contribution < -0.4 is 9.46 Å². The van der Waals surface area contributed by atoms with E-state index in [1.807, 2.05) is 48.5 Å². The van der Waals surface area contributed by atoms with Crippen LogP contribution in [0, 0.1) is 0 Å². The molecule has 0 fully saturated rings. The number of benzene rings is 4. The lowest BCUT2D eigenvalue weighted by Gasteiger charge is -2.17. The van der Waals surface area contributed by atoms with Crippen LogP contribution in [0.3, 0.4) is 0 Å². The summed E-state index contributed by atoms with van der Waals surface area (Å²) in [5.41, 5.74) is 0.410. The zero-order valence-electron chi connectivity index (χ0n) is 17.2. The number of nitrogens with one attached hydrogen (secondary N) is 1. The molecule has 4 aromatic carbocycles. The lowest BCUT2D eigenvalue weighted by atomic mass is 10.1. The monoisotopic (exact) mass is 467 g/mol. The maximum absolute atomic E-state index is 13.2. The van der Waals surface area contributed by atoms with Crippen molar-refractivity contribution >= 4 is 55.0 Å². The summed E-state index contributed by atoms with van der Waals surface area (Å²) in [6.45, 7) is 0. The molecule has 0 aromatic heterocycles. The fraction of sp³-hybridized carbons (Fsp3) is 0.125. The molecule has 0 bridgehead atoms. The smallest absolute Gasteiger partial charge is 0.304 e. The second kappa shape index (κ2) is 9.10. The molecule has 0 spiro atoms. The third kappa shape index (κ3) is 4.51. The molecule has 0 heterocycles. The SMILES string of the molecule is COc1c(SCCC(=O)O)cc(NS(=O)(=O)c2ccc3ccccc3c2)c2ccccc12. The van der Waals surface area contributed by atoms with Crippen LogP contribution in [-0.4, -0.2) is 32.4 Å². The molecule has 0 unspecified atom stereocenters. The van der Waals surface area contributed by atoms with E-state index < -0.39 is 16.0 Å². The van der Waals surface area contributed by atoms with Gasteiger partial charge in [0, 0.05) is 16.5 Å². The number of methoxy groups -OCH3 is 1. The van der Waals surface area contributed by atoms with Crippen molar-refractivity contribution in [1.82, 2.24) is 0 Å². The van der Waals surface area contributed by atoms with Gasteiger partial charge in [-0.05, 0) is 29.0 Å². The Morgan fingerprint density at radius 3 is 2.38 bits per heavy atom. The molecule has 0 aliphatic heterocycles. The predicted octanol–water partition coefficient (Wildman–Crippen LogP) is 5.37. The van der Waals surface area contributed by atoms with Crippen LogP contribution >= 0.6 is 11.8 Å². The molecule has 0 atom stereocenters. The maximum Gasteiger partial charge on any atom is 0.304 e. The van der Waals surface area contributed by atoms with Gasteiger partial charge >= 0.3 is 5.97 Å². The Bertz CT molecular complexity index is 1420. The van der Waals surface area contributed by atoms with Gasteiger partial charge in [0.1, 0.15) is 5.75 Å². The molecule has 0 saturated heterocycles. The van der Waals surface area contributed by atoms with Crippen molar-refractivity contribution in [2.45, 2.75) is 16.2 Å². The van der Waals surface area contributed by atoms with Gasteiger partial charge in [0.05, 0.1) is 29.0 Å². The molecule has 0 saturated carbocycles. The quantitative estimate of drug-likeness (QED) is 0.339. The number of fused-ring (bicyclic) bond motifs is 2. The number of anilines is 1. The van der Waals surface area contributed by atoms with E-state index in [0.29, 0.717) is 27.5 Å². The van der Waals surface area contributed by atoms with Crippen LogP contribution in [0.2, 0.25) is 0 Å². The first-order valence-corrected chi connectivity index (χ1v) is 12.3. The van der Waals surface area contributed by atoms with Crippen LogP contribution in [0.15, 0.2) is 82.6 Å². The predicted molar refractivity (Wildman–Crippen MR) is 128 cm³/mol. The summed E-state index contributed by atoms with van der Waals surface area (Å²) < 4.78 is 34.8. The largest absolute Gasteiger partial charge is 0.495 e. The van der Waals surface area contributed by atoms with Gasteiger partial charge in [-0.1, -0.05) is 54.6 Å². The van der Waals surface area contributed by atoms with Crippen molar-refractivity contribution in [1.29, 1.82) is 0 Å². The summed E-state index contributed by atoms with van der Waals surface area (Å²) in [5.74, 6) is 0.0279. The lowest BCUT2D eigenvalue weighted by Crippen LogP contribution is -2.13. The normalized spacial score (nSPS) is 11.5. The van der Waals surface area contributed by atoms with Gasteiger partial charge in [0.2, 0.25) is 0 Å². The fourth-order valence-electron chi connectivity index (χ4n) is 3.51. The first-order chi connectivity index (χ1) is 15.4. The van der Waals surface area contributed by atoms with Crippen molar-refractivity contribution < 1.29 is 23.1 Å². The Hall–Kier alpha value is -3.23. The standard InChI is InChI=1S/C24H21NO5S2/c1-30-24-20-9-5-4-8-19(20)21(15-22(24)31-13-12-23(26)27)25-32(28,29)18-11-10-16-6-2-3-7-17(16)14-18/h2-11,14-15,25H,12-13H2,1H3,(H,26,27). The highest BCUT2D eigenvalue weighted by Gasteiger charge is 2.19. The number of ether oxygens (including phenoxy) is 1. The average Bonchev–Trinajstić information content (AvgIpc) is 2.78. The number of carbonyl (C=O) groups is 1. The van der Waals surface area contributed by atoms with Gasteiger partial charge in [-0.3, -0.25) is 9.52 Å². The van der Waals surface area contributed by atoms with Crippen molar-refractivity contribution in [2.24, 2.45) is 0 Å². The van der Waals surface area contributed by atoms with Gasteiger partial charge in [0.15, 0.2) is 0 Å². The summed E-state index contributed by atoms with van der Waals surface area (Å²) in [6.07, 6.45) is -0.0151. The number of rotatable bonds is 8. The molecular formula is C24H21NO5S2. The molecule has 164 valence electrons. The molecule has 6 nitrogen and oxygen atoms in total. The highest BCUT2D eigenvalue weighted by Crippen LogP contribution is 2.41. The van der Waals surface area contributed by atoms with E-state index in [4.69, 9.17) is 9.84 Å². The summed E-state index contributed by atoms with van der Waals surface area (Å²) in [4.78, 5) is 11.8. The molecule has 0 aliphatic rings. The molecule has 32 heavy (non-hydrogen) atoms. The second-order valence-electron chi connectivity index (χ2n) is 7.11. The molecule has 0 radical (unpaired) electrons. The summed E-state index contributed by atoms with van der Waals surface area (Å²) in [5, 5.41) is 12.2. The van der Waals surface area contributed by atoms with E-state index in [2.05, 4.69) is 4.72 Å². The highest BCUT2D eigenvalue weighted by molar-refractivity contribution is 7.99. The number of aliphatic carboxylic acids is 1. The minimum Gasteiger partial charge on any atom is -0.495 e. The molecule has 4 rings (SSSR count). The Labute approximate surface area is 190 Å². The van der Waals surface area contributed by atoms with E-state index in [1.54, 1.807) is 31.4 Å². The van der Waals surface area contributed by atoms with Crippen LogP contribution in [0.25, 0.3) is 21.5 Å². The first kappa shape index (κ1) is 22.0. The third-order valence-electron chi connectivity index (χ3n) is 5.01. The molecule has 4 aromatic rings. The molecular weight excluding hydrogens is 446 g/mol. The minimum absolute atomic E-state index is 0.0151. The fourth-order valence-corrected chi connectivity index (χ4v) is 5.64. The van der Waals surface area contributed by atoms with E-state index in [-0.39, 0.29) is 11.3 Å². The number of carboxylic acid groups (broad SMARTS) is 1. The van der Waals surface area contributed by atoms with Crippen molar-refractivity contribution in [3.05, 3.63) is 72.8 Å². The average molecular weight is 468 g/mol. The zero-order chi connectivity index (χ0) is 22.7. The first-order valence-electron chi connectivity index (χ1n) is 9.85. The van der Waals surface area contributed by atoms with E-state index in [0.717, 1.165) is 16.2 Å². The number of hydrogen-bond donors (Lipinski definition) is 2. The topological polar surface area (TPSA) is 92.7 Å².